The summed E-state index contributed by atoms with van der Waals surface area (Å²) in [5, 5.41) is 4.78. The molecule has 3 aromatic rings. The third-order valence-corrected chi connectivity index (χ3v) is 9.84. The van der Waals surface area contributed by atoms with Gasteiger partial charge in [-0.1, -0.05) is 73.4 Å². The number of benzene rings is 3. The number of carbonyl (C=O) groups excluding carboxylic acids is 2. The lowest BCUT2D eigenvalue weighted by Crippen LogP contribution is -2.50. The first-order valence-corrected chi connectivity index (χ1v) is 15.4. The first-order chi connectivity index (χ1) is 18.8. The highest BCUT2D eigenvalue weighted by Gasteiger charge is 2.35. The van der Waals surface area contributed by atoms with Gasteiger partial charge in [0, 0.05) is 30.9 Å². The number of carbonyl (C=O) groups is 2. The maximum absolute atomic E-state index is 13.6. The number of amides is 2. The average Bonchev–Trinajstić information content (AvgIpc) is 3.15. The largest absolute Gasteiger partial charge is 0.352 e. The van der Waals surface area contributed by atoms with Crippen molar-refractivity contribution in [1.29, 1.82) is 0 Å². The van der Waals surface area contributed by atoms with Gasteiger partial charge in [-0.15, -0.1) is 0 Å². The normalized spacial score (nSPS) is 17.2. The Balaban J connectivity index is 1.29. The fourth-order valence-electron chi connectivity index (χ4n) is 5.88. The van der Waals surface area contributed by atoms with E-state index in [0.717, 1.165) is 47.6 Å². The summed E-state index contributed by atoms with van der Waals surface area (Å²) in [4.78, 5) is 28.8. The smallest absolute Gasteiger partial charge is 0.265 e. The Bertz CT molecular complexity index is 1470. The van der Waals surface area contributed by atoms with E-state index in [4.69, 9.17) is 0 Å². The van der Waals surface area contributed by atoms with E-state index >= 15 is 0 Å². The van der Waals surface area contributed by atoms with Gasteiger partial charge in [0.25, 0.3) is 10.0 Å². The van der Waals surface area contributed by atoms with Crippen LogP contribution >= 0.6 is 0 Å². The second kappa shape index (κ2) is 11.4. The predicted octanol–water partition coefficient (Wildman–Crippen LogP) is 5.30. The molecule has 0 unspecified atom stereocenters. The van der Waals surface area contributed by atoms with Gasteiger partial charge in [-0.2, -0.15) is 0 Å². The summed E-state index contributed by atoms with van der Waals surface area (Å²) in [6.45, 7) is 4.31. The van der Waals surface area contributed by atoms with Gasteiger partial charge in [-0.25, -0.2) is 8.42 Å². The number of anilines is 1. The number of nitrogens with one attached hydrogen (secondary N) is 1. The molecule has 1 heterocycles. The standard InChI is InChI=1S/C31H37N3O4S/c1-22-10-6-11-24(20-22)21-33(23(2)31(36)32-26-14-4-3-5-15-26)29(35)18-9-19-34-27-16-7-12-25-13-8-17-28(30(25)27)39(34,37)38/h6-8,10-13,16-17,20,23,26H,3-5,9,14-15,18-19,21H2,1-2H3,(H,32,36)/t23-/m0/s1. The summed E-state index contributed by atoms with van der Waals surface area (Å²) in [6, 6.07) is 18.4. The molecule has 2 aliphatic rings. The van der Waals surface area contributed by atoms with Gasteiger partial charge in [-0.05, 0) is 56.2 Å². The fraction of sp³-hybridized carbons (Fsp3) is 0.419. The lowest BCUT2D eigenvalue weighted by atomic mass is 9.95. The quantitative estimate of drug-likeness (QED) is 0.394. The van der Waals surface area contributed by atoms with Crippen molar-refractivity contribution in [2.75, 3.05) is 10.8 Å². The second-order valence-electron chi connectivity index (χ2n) is 10.8. The second-order valence-corrected chi connectivity index (χ2v) is 12.7. The molecule has 0 bridgehead atoms. The molecule has 5 rings (SSSR count). The van der Waals surface area contributed by atoms with E-state index in [0.29, 0.717) is 23.5 Å². The Morgan fingerprint density at radius 1 is 1.03 bits per heavy atom. The molecule has 0 saturated heterocycles. The summed E-state index contributed by atoms with van der Waals surface area (Å²) in [5.74, 6) is -0.290. The van der Waals surface area contributed by atoms with E-state index < -0.39 is 16.1 Å². The Morgan fingerprint density at radius 2 is 1.74 bits per heavy atom. The number of aryl methyl sites for hydroxylation is 1. The molecule has 1 aliphatic heterocycles. The van der Waals surface area contributed by atoms with E-state index in [2.05, 4.69) is 5.32 Å². The molecule has 0 spiro atoms. The van der Waals surface area contributed by atoms with Gasteiger partial charge in [0.1, 0.15) is 6.04 Å². The van der Waals surface area contributed by atoms with Gasteiger partial charge in [0.2, 0.25) is 11.8 Å². The molecule has 1 saturated carbocycles. The van der Waals surface area contributed by atoms with Crippen molar-refractivity contribution in [2.45, 2.75) is 82.3 Å². The molecule has 2 amide bonds. The van der Waals surface area contributed by atoms with E-state index in [1.165, 1.54) is 10.7 Å². The summed E-state index contributed by atoms with van der Waals surface area (Å²) in [5.41, 5.74) is 2.71. The summed E-state index contributed by atoms with van der Waals surface area (Å²) in [6.07, 6.45) is 5.87. The van der Waals surface area contributed by atoms with Crippen LogP contribution in [0, 0.1) is 6.92 Å². The van der Waals surface area contributed by atoms with Crippen molar-refractivity contribution in [2.24, 2.45) is 0 Å². The molecule has 1 aliphatic carbocycles. The van der Waals surface area contributed by atoms with Crippen molar-refractivity contribution >= 4 is 38.3 Å². The van der Waals surface area contributed by atoms with Crippen molar-refractivity contribution < 1.29 is 18.0 Å². The van der Waals surface area contributed by atoms with Crippen LogP contribution in [0.2, 0.25) is 0 Å². The van der Waals surface area contributed by atoms with Crippen LogP contribution in [0.15, 0.2) is 65.6 Å². The zero-order chi connectivity index (χ0) is 27.6. The minimum Gasteiger partial charge on any atom is -0.352 e. The number of hydrogen-bond donors (Lipinski definition) is 1. The molecule has 0 radical (unpaired) electrons. The van der Waals surface area contributed by atoms with Crippen LogP contribution in [-0.2, 0) is 26.2 Å². The molecule has 206 valence electrons. The monoisotopic (exact) mass is 547 g/mol. The third kappa shape index (κ3) is 5.66. The number of nitrogens with zero attached hydrogens (tertiary/aromatic N) is 2. The summed E-state index contributed by atoms with van der Waals surface area (Å²) in [7, 11) is -3.67. The summed E-state index contributed by atoms with van der Waals surface area (Å²) < 4.78 is 28.0. The molecule has 1 fully saturated rings. The van der Waals surface area contributed by atoms with Crippen LogP contribution in [0.1, 0.15) is 63.0 Å². The number of rotatable bonds is 9. The maximum Gasteiger partial charge on any atom is 0.265 e. The van der Waals surface area contributed by atoms with Gasteiger partial charge < -0.3 is 10.2 Å². The minimum absolute atomic E-state index is 0.132. The topological polar surface area (TPSA) is 86.8 Å². The molecule has 8 heteroatoms. The van der Waals surface area contributed by atoms with Gasteiger partial charge in [-0.3, -0.25) is 13.9 Å². The van der Waals surface area contributed by atoms with Crippen molar-refractivity contribution in [3.8, 4) is 0 Å². The van der Waals surface area contributed by atoms with Crippen LogP contribution in [0.3, 0.4) is 0 Å². The fourth-order valence-corrected chi connectivity index (χ4v) is 7.62. The van der Waals surface area contributed by atoms with Crippen LogP contribution in [0.25, 0.3) is 10.8 Å². The van der Waals surface area contributed by atoms with Gasteiger partial charge in [0.15, 0.2) is 0 Å². The molecule has 3 aromatic carbocycles. The highest BCUT2D eigenvalue weighted by atomic mass is 32.2. The van der Waals surface area contributed by atoms with Gasteiger partial charge in [0.05, 0.1) is 10.6 Å². The van der Waals surface area contributed by atoms with E-state index in [1.54, 1.807) is 24.0 Å². The van der Waals surface area contributed by atoms with Gasteiger partial charge >= 0.3 is 0 Å². The Kier molecular flexibility index (Phi) is 7.93. The molecule has 7 nitrogen and oxygen atoms in total. The molecule has 0 aromatic heterocycles. The Labute approximate surface area is 231 Å². The van der Waals surface area contributed by atoms with E-state index in [9.17, 15) is 18.0 Å². The minimum atomic E-state index is -3.67. The van der Waals surface area contributed by atoms with Crippen molar-refractivity contribution in [1.82, 2.24) is 10.2 Å². The molecule has 39 heavy (non-hydrogen) atoms. The van der Waals surface area contributed by atoms with Crippen LogP contribution < -0.4 is 9.62 Å². The average molecular weight is 548 g/mol. The highest BCUT2D eigenvalue weighted by molar-refractivity contribution is 7.93. The molecular weight excluding hydrogens is 510 g/mol. The number of hydrogen-bond acceptors (Lipinski definition) is 4. The third-order valence-electron chi connectivity index (χ3n) is 7.99. The van der Waals surface area contributed by atoms with Crippen LogP contribution in [-0.4, -0.2) is 43.8 Å². The lowest BCUT2D eigenvalue weighted by molar-refractivity contribution is -0.141. The zero-order valence-corrected chi connectivity index (χ0v) is 23.5. The zero-order valence-electron chi connectivity index (χ0n) is 22.7. The molecular formula is C31H37N3O4S. The SMILES string of the molecule is Cc1cccc(CN(C(=O)CCCN2c3cccc4cccc(c34)S2(=O)=O)[C@@H](C)C(=O)NC2CCCCC2)c1. The van der Waals surface area contributed by atoms with E-state index in [1.807, 2.05) is 55.5 Å². The van der Waals surface area contributed by atoms with Crippen molar-refractivity contribution in [3.05, 3.63) is 71.8 Å². The predicted molar refractivity (Wildman–Crippen MR) is 154 cm³/mol. The Hall–Kier alpha value is -3.39. The van der Waals surface area contributed by atoms with Crippen LogP contribution in [0.4, 0.5) is 5.69 Å². The first-order valence-electron chi connectivity index (χ1n) is 14.0. The molecule has 1 N–H and O–H groups in total. The van der Waals surface area contributed by atoms with Crippen LogP contribution in [0.5, 0.6) is 0 Å². The van der Waals surface area contributed by atoms with Crippen molar-refractivity contribution in [3.63, 3.8) is 0 Å². The molecule has 1 atom stereocenters. The highest BCUT2D eigenvalue weighted by Crippen LogP contribution is 2.42. The lowest BCUT2D eigenvalue weighted by Gasteiger charge is -2.31. The first kappa shape index (κ1) is 27.2. The summed E-state index contributed by atoms with van der Waals surface area (Å²) >= 11 is 0. The maximum atomic E-state index is 13.6. The van der Waals surface area contributed by atoms with E-state index in [-0.39, 0.29) is 30.8 Å². The Morgan fingerprint density at radius 3 is 2.49 bits per heavy atom. The number of sulfonamides is 1.